The molecule has 1 saturated heterocycles. The van der Waals surface area contributed by atoms with Crippen LogP contribution in [0.4, 0.5) is 0 Å². The van der Waals surface area contributed by atoms with Crippen molar-refractivity contribution in [3.63, 3.8) is 0 Å². The molecule has 104 valence electrons. The van der Waals surface area contributed by atoms with Crippen molar-refractivity contribution < 1.29 is 4.79 Å². The first-order chi connectivity index (χ1) is 9.22. The molecule has 1 aliphatic heterocycles. The van der Waals surface area contributed by atoms with Crippen LogP contribution in [0.3, 0.4) is 0 Å². The van der Waals surface area contributed by atoms with Gasteiger partial charge in [0.05, 0.1) is 0 Å². The Morgan fingerprint density at radius 2 is 1.89 bits per heavy atom. The Hall–Kier alpha value is -1.35. The Bertz CT molecular complexity index is 404. The van der Waals surface area contributed by atoms with Crippen molar-refractivity contribution in [2.75, 3.05) is 26.2 Å². The van der Waals surface area contributed by atoms with Crippen LogP contribution >= 0.6 is 0 Å². The summed E-state index contributed by atoms with van der Waals surface area (Å²) in [5, 5.41) is 0. The van der Waals surface area contributed by atoms with E-state index in [-0.39, 0.29) is 5.91 Å². The van der Waals surface area contributed by atoms with Crippen molar-refractivity contribution in [1.82, 2.24) is 9.80 Å². The van der Waals surface area contributed by atoms with E-state index in [1.54, 1.807) is 0 Å². The van der Waals surface area contributed by atoms with Gasteiger partial charge in [-0.05, 0) is 31.9 Å². The standard InChI is InChI=1S/C16H24N2O/c1-3-14(2)17-10-7-11-18(13-12-17)16(19)15-8-5-4-6-9-15/h4-6,8-9,14H,3,7,10-13H2,1-2H3. The lowest BCUT2D eigenvalue weighted by molar-refractivity contribution is 0.0758. The zero-order chi connectivity index (χ0) is 13.7. The third-order valence-electron chi connectivity index (χ3n) is 4.05. The number of hydrogen-bond acceptors (Lipinski definition) is 2. The highest BCUT2D eigenvalue weighted by Crippen LogP contribution is 2.12. The monoisotopic (exact) mass is 260 g/mol. The summed E-state index contributed by atoms with van der Waals surface area (Å²) in [7, 11) is 0. The van der Waals surface area contributed by atoms with Crippen molar-refractivity contribution >= 4 is 5.91 Å². The van der Waals surface area contributed by atoms with Crippen LogP contribution in [0.25, 0.3) is 0 Å². The van der Waals surface area contributed by atoms with Crippen LogP contribution in [0.1, 0.15) is 37.0 Å². The average molecular weight is 260 g/mol. The maximum absolute atomic E-state index is 12.4. The molecule has 1 aromatic carbocycles. The summed E-state index contributed by atoms with van der Waals surface area (Å²) in [6.45, 7) is 8.32. The summed E-state index contributed by atoms with van der Waals surface area (Å²) in [5.74, 6) is 0.173. The number of benzene rings is 1. The molecule has 1 fully saturated rings. The van der Waals surface area contributed by atoms with Gasteiger partial charge in [-0.1, -0.05) is 25.1 Å². The molecule has 3 heteroatoms. The largest absolute Gasteiger partial charge is 0.337 e. The minimum Gasteiger partial charge on any atom is -0.337 e. The summed E-state index contributed by atoms with van der Waals surface area (Å²) in [6, 6.07) is 10.2. The molecule has 1 heterocycles. The van der Waals surface area contributed by atoms with Gasteiger partial charge in [-0.3, -0.25) is 9.69 Å². The van der Waals surface area contributed by atoms with Crippen LogP contribution in [0, 0.1) is 0 Å². The highest BCUT2D eigenvalue weighted by atomic mass is 16.2. The highest BCUT2D eigenvalue weighted by Gasteiger charge is 2.21. The Kier molecular flexibility index (Phi) is 4.97. The fourth-order valence-corrected chi connectivity index (χ4v) is 2.60. The molecule has 2 rings (SSSR count). The highest BCUT2D eigenvalue weighted by molar-refractivity contribution is 5.94. The van der Waals surface area contributed by atoms with Gasteiger partial charge in [-0.2, -0.15) is 0 Å². The maximum Gasteiger partial charge on any atom is 0.253 e. The van der Waals surface area contributed by atoms with Crippen molar-refractivity contribution in [1.29, 1.82) is 0 Å². The average Bonchev–Trinajstić information content (AvgIpc) is 2.72. The first-order valence-corrected chi connectivity index (χ1v) is 7.30. The smallest absolute Gasteiger partial charge is 0.253 e. The summed E-state index contributed by atoms with van der Waals surface area (Å²) >= 11 is 0. The number of nitrogens with zero attached hydrogens (tertiary/aromatic N) is 2. The van der Waals surface area contributed by atoms with Crippen LogP contribution in [-0.4, -0.2) is 47.9 Å². The summed E-state index contributed by atoms with van der Waals surface area (Å²) in [4.78, 5) is 16.9. The number of carbonyl (C=O) groups is 1. The first kappa shape index (κ1) is 14.1. The van der Waals surface area contributed by atoms with Gasteiger partial charge in [0, 0.05) is 37.8 Å². The normalized spacial score (nSPS) is 18.9. The summed E-state index contributed by atoms with van der Waals surface area (Å²) < 4.78 is 0. The topological polar surface area (TPSA) is 23.6 Å². The van der Waals surface area contributed by atoms with Crippen LogP contribution in [0.5, 0.6) is 0 Å². The molecular weight excluding hydrogens is 236 g/mol. The third kappa shape index (κ3) is 3.57. The van der Waals surface area contributed by atoms with E-state index in [1.165, 1.54) is 6.42 Å². The van der Waals surface area contributed by atoms with E-state index in [9.17, 15) is 4.79 Å². The molecular formula is C16H24N2O. The summed E-state index contributed by atoms with van der Waals surface area (Å²) in [5.41, 5.74) is 0.805. The second-order valence-corrected chi connectivity index (χ2v) is 5.31. The van der Waals surface area contributed by atoms with E-state index in [0.29, 0.717) is 6.04 Å². The van der Waals surface area contributed by atoms with Crippen molar-refractivity contribution in [3.8, 4) is 0 Å². The molecule has 0 N–H and O–H groups in total. The SMILES string of the molecule is CCC(C)N1CCCN(C(=O)c2ccccc2)CC1. The van der Waals surface area contributed by atoms with E-state index >= 15 is 0 Å². The molecule has 1 aromatic rings. The lowest BCUT2D eigenvalue weighted by atomic mass is 10.2. The van der Waals surface area contributed by atoms with Crippen LogP contribution in [-0.2, 0) is 0 Å². The van der Waals surface area contributed by atoms with E-state index in [2.05, 4.69) is 18.7 Å². The Labute approximate surface area is 116 Å². The molecule has 1 unspecified atom stereocenters. The molecule has 1 amide bonds. The lowest BCUT2D eigenvalue weighted by Crippen LogP contribution is -2.38. The first-order valence-electron chi connectivity index (χ1n) is 7.30. The predicted octanol–water partition coefficient (Wildman–Crippen LogP) is 2.63. The van der Waals surface area contributed by atoms with Crippen molar-refractivity contribution in [3.05, 3.63) is 35.9 Å². The van der Waals surface area contributed by atoms with Gasteiger partial charge < -0.3 is 4.90 Å². The zero-order valence-corrected chi connectivity index (χ0v) is 12.0. The van der Waals surface area contributed by atoms with E-state index in [1.807, 2.05) is 35.2 Å². The van der Waals surface area contributed by atoms with Crippen LogP contribution in [0.2, 0.25) is 0 Å². The van der Waals surface area contributed by atoms with Crippen LogP contribution in [0.15, 0.2) is 30.3 Å². The quantitative estimate of drug-likeness (QED) is 0.834. The Morgan fingerprint density at radius 1 is 1.16 bits per heavy atom. The Balaban J connectivity index is 1.98. The fourth-order valence-electron chi connectivity index (χ4n) is 2.60. The number of amides is 1. The molecule has 0 aliphatic carbocycles. The minimum atomic E-state index is 0.173. The van der Waals surface area contributed by atoms with Gasteiger partial charge in [0.15, 0.2) is 0 Å². The molecule has 1 aliphatic rings. The second-order valence-electron chi connectivity index (χ2n) is 5.31. The van der Waals surface area contributed by atoms with Gasteiger partial charge in [0.1, 0.15) is 0 Å². The molecule has 3 nitrogen and oxygen atoms in total. The van der Waals surface area contributed by atoms with Crippen molar-refractivity contribution in [2.45, 2.75) is 32.7 Å². The number of rotatable bonds is 3. The van der Waals surface area contributed by atoms with E-state index in [4.69, 9.17) is 0 Å². The zero-order valence-electron chi connectivity index (χ0n) is 12.0. The summed E-state index contributed by atoms with van der Waals surface area (Å²) in [6.07, 6.45) is 2.25. The molecule has 19 heavy (non-hydrogen) atoms. The Morgan fingerprint density at radius 3 is 2.58 bits per heavy atom. The molecule has 1 atom stereocenters. The van der Waals surface area contributed by atoms with Gasteiger partial charge in [0.25, 0.3) is 5.91 Å². The van der Waals surface area contributed by atoms with E-state index < -0.39 is 0 Å². The molecule has 0 aromatic heterocycles. The molecule has 0 spiro atoms. The van der Waals surface area contributed by atoms with Gasteiger partial charge in [0.2, 0.25) is 0 Å². The second kappa shape index (κ2) is 6.71. The van der Waals surface area contributed by atoms with E-state index in [0.717, 1.165) is 38.2 Å². The van der Waals surface area contributed by atoms with Crippen molar-refractivity contribution in [2.24, 2.45) is 0 Å². The van der Waals surface area contributed by atoms with Gasteiger partial charge in [-0.15, -0.1) is 0 Å². The molecule has 0 radical (unpaired) electrons. The maximum atomic E-state index is 12.4. The molecule has 0 bridgehead atoms. The minimum absolute atomic E-state index is 0.173. The van der Waals surface area contributed by atoms with Crippen LogP contribution < -0.4 is 0 Å². The third-order valence-corrected chi connectivity index (χ3v) is 4.05. The molecule has 0 saturated carbocycles. The number of hydrogen-bond donors (Lipinski definition) is 0. The lowest BCUT2D eigenvalue weighted by Gasteiger charge is -2.26. The van der Waals surface area contributed by atoms with Gasteiger partial charge in [-0.25, -0.2) is 0 Å². The predicted molar refractivity (Wildman–Crippen MR) is 78.3 cm³/mol. The fraction of sp³-hybridized carbons (Fsp3) is 0.562. The number of carbonyl (C=O) groups excluding carboxylic acids is 1. The van der Waals surface area contributed by atoms with Gasteiger partial charge >= 0.3 is 0 Å².